The molecule has 0 fully saturated rings. The van der Waals surface area contributed by atoms with Gasteiger partial charge in [-0.3, -0.25) is 14.5 Å². The molecule has 0 aliphatic carbocycles. The lowest BCUT2D eigenvalue weighted by molar-refractivity contribution is -0.124. The molecule has 0 radical (unpaired) electrons. The molecule has 0 aliphatic heterocycles. The van der Waals surface area contributed by atoms with E-state index < -0.39 is 6.04 Å². The van der Waals surface area contributed by atoms with Gasteiger partial charge in [0, 0.05) is 23.7 Å². The smallest absolute Gasteiger partial charge is 0.244 e. The Kier molecular flexibility index (Phi) is 7.26. The Hall–Kier alpha value is -3.38. The van der Waals surface area contributed by atoms with E-state index >= 15 is 0 Å². The minimum Gasteiger partial charge on any atom is -0.497 e. The van der Waals surface area contributed by atoms with Gasteiger partial charge in [0.15, 0.2) is 0 Å². The van der Waals surface area contributed by atoms with E-state index in [9.17, 15) is 9.59 Å². The number of carbonyl (C=O) groups excluding carboxylic acids is 2. The van der Waals surface area contributed by atoms with E-state index in [0.29, 0.717) is 18.0 Å². The number of amides is 2. The highest BCUT2D eigenvalue weighted by Gasteiger charge is 2.26. The molecule has 0 saturated carbocycles. The Balaban J connectivity index is 1.70. The Morgan fingerprint density at radius 2 is 1.74 bits per heavy atom. The number of anilines is 2. The van der Waals surface area contributed by atoms with Crippen LogP contribution in [0.4, 0.5) is 11.4 Å². The number of methoxy groups -OCH3 is 1. The van der Waals surface area contributed by atoms with E-state index in [4.69, 9.17) is 4.74 Å². The van der Waals surface area contributed by atoms with Gasteiger partial charge in [-0.1, -0.05) is 42.5 Å². The fourth-order valence-corrected chi connectivity index (χ4v) is 3.57. The van der Waals surface area contributed by atoms with Gasteiger partial charge >= 0.3 is 0 Å². The van der Waals surface area contributed by atoms with Crippen LogP contribution in [0, 0.1) is 0 Å². The molecule has 0 heterocycles. The summed E-state index contributed by atoms with van der Waals surface area (Å²) in [4.78, 5) is 29.4. The summed E-state index contributed by atoms with van der Waals surface area (Å²) in [7, 11) is 3.36. The van der Waals surface area contributed by atoms with Crippen molar-refractivity contribution in [3.8, 4) is 5.75 Å². The first-order valence-electron chi connectivity index (χ1n) is 10.4. The van der Waals surface area contributed by atoms with E-state index in [1.54, 1.807) is 36.1 Å². The first-order chi connectivity index (χ1) is 14.9. The zero-order chi connectivity index (χ0) is 22.4. The van der Waals surface area contributed by atoms with E-state index in [0.717, 1.165) is 16.5 Å². The highest BCUT2D eigenvalue weighted by Crippen LogP contribution is 2.27. The lowest BCUT2D eigenvalue weighted by Crippen LogP contribution is -2.48. The van der Waals surface area contributed by atoms with E-state index in [-0.39, 0.29) is 18.4 Å². The summed E-state index contributed by atoms with van der Waals surface area (Å²) < 4.78 is 5.19. The van der Waals surface area contributed by atoms with Crippen molar-refractivity contribution in [2.24, 2.45) is 0 Å². The number of nitrogens with one attached hydrogen (secondary N) is 1. The van der Waals surface area contributed by atoms with Crippen molar-refractivity contribution < 1.29 is 14.3 Å². The van der Waals surface area contributed by atoms with Crippen molar-refractivity contribution in [1.29, 1.82) is 0 Å². The minimum atomic E-state index is -0.463. The van der Waals surface area contributed by atoms with Crippen LogP contribution < -0.4 is 15.0 Å². The molecule has 0 aliphatic rings. The maximum absolute atomic E-state index is 13.3. The largest absolute Gasteiger partial charge is 0.497 e. The Morgan fingerprint density at radius 3 is 2.48 bits per heavy atom. The molecule has 6 heteroatoms. The highest BCUT2D eigenvalue weighted by atomic mass is 16.5. The third-order valence-corrected chi connectivity index (χ3v) is 5.40. The molecule has 1 atom stereocenters. The van der Waals surface area contributed by atoms with Gasteiger partial charge in [0.05, 0.1) is 25.4 Å². The number of hydrogen-bond donors (Lipinski definition) is 1. The van der Waals surface area contributed by atoms with Crippen LogP contribution in [0.3, 0.4) is 0 Å². The standard InChI is InChI=1S/C25H29N3O3/c1-5-28(23-15-8-11-19-10-6-7-14-22(19)23)25(30)18(2)27(3)17-24(29)26-20-12-9-13-21(16-20)31-4/h6-16,18H,5,17H2,1-4H3,(H,26,29)/t18-/m0/s1. The molecule has 1 N–H and O–H groups in total. The topological polar surface area (TPSA) is 61.9 Å². The van der Waals surface area contributed by atoms with Crippen LogP contribution in [0.1, 0.15) is 13.8 Å². The SMILES string of the molecule is CCN(C(=O)[C@H](C)N(C)CC(=O)Nc1cccc(OC)c1)c1cccc2ccccc12. The number of likely N-dealkylation sites (N-methyl/N-ethyl adjacent to an activating group) is 2. The molecule has 3 aromatic carbocycles. The third kappa shape index (κ3) is 5.22. The quantitative estimate of drug-likeness (QED) is 0.596. The van der Waals surface area contributed by atoms with Crippen LogP contribution >= 0.6 is 0 Å². The number of hydrogen-bond acceptors (Lipinski definition) is 4. The van der Waals surface area contributed by atoms with Gasteiger partial charge in [-0.2, -0.15) is 0 Å². The van der Waals surface area contributed by atoms with Gasteiger partial charge in [-0.05, 0) is 44.5 Å². The average molecular weight is 420 g/mol. The van der Waals surface area contributed by atoms with Crippen molar-refractivity contribution in [2.45, 2.75) is 19.9 Å². The Morgan fingerprint density at radius 1 is 1.03 bits per heavy atom. The first kappa shape index (κ1) is 22.3. The van der Waals surface area contributed by atoms with Crippen LogP contribution in [-0.4, -0.2) is 50.0 Å². The number of carbonyl (C=O) groups is 2. The summed E-state index contributed by atoms with van der Waals surface area (Å²) in [6, 6.07) is 20.7. The Labute approximate surface area is 183 Å². The fraction of sp³-hybridized carbons (Fsp3) is 0.280. The molecular weight excluding hydrogens is 390 g/mol. The molecule has 0 unspecified atom stereocenters. The molecule has 31 heavy (non-hydrogen) atoms. The predicted octanol–water partition coefficient (Wildman–Crippen LogP) is 4.16. The number of ether oxygens (including phenoxy) is 1. The summed E-state index contributed by atoms with van der Waals surface area (Å²) in [5, 5.41) is 4.98. The van der Waals surface area contributed by atoms with E-state index in [2.05, 4.69) is 5.32 Å². The van der Waals surface area contributed by atoms with Gasteiger partial charge in [-0.15, -0.1) is 0 Å². The Bertz CT molecular complexity index is 1060. The van der Waals surface area contributed by atoms with Crippen LogP contribution in [0.25, 0.3) is 10.8 Å². The van der Waals surface area contributed by atoms with Crippen molar-refractivity contribution in [3.63, 3.8) is 0 Å². The molecule has 0 saturated heterocycles. The van der Waals surface area contributed by atoms with E-state index in [1.165, 1.54) is 0 Å². The summed E-state index contributed by atoms with van der Waals surface area (Å²) in [5.41, 5.74) is 1.54. The molecule has 6 nitrogen and oxygen atoms in total. The van der Waals surface area contributed by atoms with Gasteiger partial charge in [0.25, 0.3) is 0 Å². The third-order valence-electron chi connectivity index (χ3n) is 5.40. The van der Waals surface area contributed by atoms with Gasteiger partial charge in [0.1, 0.15) is 5.75 Å². The fourth-order valence-electron chi connectivity index (χ4n) is 3.57. The molecular formula is C25H29N3O3. The van der Waals surface area contributed by atoms with Gasteiger partial charge in [-0.25, -0.2) is 0 Å². The highest BCUT2D eigenvalue weighted by molar-refractivity contribution is 6.05. The van der Waals surface area contributed by atoms with Crippen molar-refractivity contribution in [1.82, 2.24) is 4.90 Å². The number of benzene rings is 3. The molecule has 0 spiro atoms. The number of nitrogens with zero attached hydrogens (tertiary/aromatic N) is 2. The molecule has 162 valence electrons. The second-order valence-corrected chi connectivity index (χ2v) is 7.45. The predicted molar refractivity (Wildman–Crippen MR) is 126 cm³/mol. The first-order valence-corrected chi connectivity index (χ1v) is 10.4. The number of fused-ring (bicyclic) bond motifs is 1. The zero-order valence-corrected chi connectivity index (χ0v) is 18.5. The van der Waals surface area contributed by atoms with Crippen molar-refractivity contribution >= 4 is 34.0 Å². The van der Waals surface area contributed by atoms with Crippen LogP contribution in [-0.2, 0) is 9.59 Å². The van der Waals surface area contributed by atoms with Crippen molar-refractivity contribution in [2.75, 3.05) is 37.5 Å². The minimum absolute atomic E-state index is 0.0458. The van der Waals surface area contributed by atoms with E-state index in [1.807, 2.05) is 68.4 Å². The van der Waals surface area contributed by atoms with Gasteiger partial charge in [0.2, 0.25) is 11.8 Å². The second-order valence-electron chi connectivity index (χ2n) is 7.45. The van der Waals surface area contributed by atoms with Crippen LogP contribution in [0.15, 0.2) is 66.7 Å². The summed E-state index contributed by atoms with van der Waals surface area (Å²) in [5.74, 6) is 0.433. The second kappa shape index (κ2) is 10.1. The summed E-state index contributed by atoms with van der Waals surface area (Å²) >= 11 is 0. The van der Waals surface area contributed by atoms with Crippen molar-refractivity contribution in [3.05, 3.63) is 66.7 Å². The number of rotatable bonds is 8. The molecule has 0 bridgehead atoms. The summed E-state index contributed by atoms with van der Waals surface area (Å²) in [6.45, 7) is 4.43. The molecule has 0 aromatic heterocycles. The van der Waals surface area contributed by atoms with Crippen LogP contribution in [0.2, 0.25) is 0 Å². The van der Waals surface area contributed by atoms with Gasteiger partial charge < -0.3 is 15.0 Å². The molecule has 2 amide bonds. The summed E-state index contributed by atoms with van der Waals surface area (Å²) in [6.07, 6.45) is 0. The normalized spacial score (nSPS) is 11.9. The monoisotopic (exact) mass is 419 g/mol. The lowest BCUT2D eigenvalue weighted by atomic mass is 10.1. The maximum atomic E-state index is 13.3. The molecule has 3 aromatic rings. The molecule has 3 rings (SSSR count). The zero-order valence-electron chi connectivity index (χ0n) is 18.5. The maximum Gasteiger partial charge on any atom is 0.244 e. The van der Waals surface area contributed by atoms with Crippen LogP contribution in [0.5, 0.6) is 5.75 Å². The average Bonchev–Trinajstić information content (AvgIpc) is 2.79. The lowest BCUT2D eigenvalue weighted by Gasteiger charge is -2.30.